The summed E-state index contributed by atoms with van der Waals surface area (Å²) in [4.78, 5) is 30.7. The van der Waals surface area contributed by atoms with Gasteiger partial charge in [-0.25, -0.2) is 4.79 Å². The Morgan fingerprint density at radius 2 is 1.81 bits per heavy atom. The highest BCUT2D eigenvalue weighted by Gasteiger charge is 2.26. The van der Waals surface area contributed by atoms with Crippen LogP contribution in [0.4, 0.5) is 21.9 Å². The van der Waals surface area contributed by atoms with E-state index in [0.717, 1.165) is 24.2 Å². The number of hydrogen-bond donors (Lipinski definition) is 3. The van der Waals surface area contributed by atoms with Crippen molar-refractivity contribution in [3.05, 3.63) is 84.2 Å². The number of nitrogen functional groups attached to an aromatic ring is 1. The molecule has 3 aromatic rings. The summed E-state index contributed by atoms with van der Waals surface area (Å²) in [7, 11) is 0. The summed E-state index contributed by atoms with van der Waals surface area (Å²) >= 11 is 0. The molecule has 2 amide bonds. The number of benzene rings is 2. The van der Waals surface area contributed by atoms with E-state index in [1.807, 2.05) is 36.4 Å². The Labute approximate surface area is 186 Å². The Bertz CT molecular complexity index is 1070. The topological polar surface area (TPSA) is 110 Å². The third kappa shape index (κ3) is 5.34. The Balaban J connectivity index is 1.27. The predicted octanol–water partition coefficient (Wildman–Crippen LogP) is 3.42. The van der Waals surface area contributed by atoms with E-state index in [1.54, 1.807) is 36.7 Å². The SMILES string of the molecule is Nc1ccccc1NC(=O)c1ccc(N2CC[C@H](OC(=O)NCc3ccncc3)C2)cc1. The first-order valence-corrected chi connectivity index (χ1v) is 10.4. The lowest BCUT2D eigenvalue weighted by atomic mass is 10.1. The van der Waals surface area contributed by atoms with Crippen molar-refractivity contribution in [2.75, 3.05) is 29.0 Å². The van der Waals surface area contributed by atoms with Crippen LogP contribution >= 0.6 is 0 Å². The number of para-hydroxylation sites is 2. The van der Waals surface area contributed by atoms with Gasteiger partial charge in [0.2, 0.25) is 0 Å². The Hall–Kier alpha value is -4.07. The molecule has 1 fully saturated rings. The summed E-state index contributed by atoms with van der Waals surface area (Å²) in [6.45, 7) is 1.78. The number of nitrogens with zero attached hydrogens (tertiary/aromatic N) is 2. The van der Waals surface area contributed by atoms with E-state index < -0.39 is 6.09 Å². The fourth-order valence-corrected chi connectivity index (χ4v) is 3.56. The van der Waals surface area contributed by atoms with Crippen molar-refractivity contribution in [3.8, 4) is 0 Å². The Morgan fingerprint density at radius 3 is 2.56 bits per heavy atom. The van der Waals surface area contributed by atoms with E-state index in [1.165, 1.54) is 0 Å². The average molecular weight is 431 g/mol. The summed E-state index contributed by atoms with van der Waals surface area (Å²) in [5.74, 6) is -0.219. The molecule has 0 bridgehead atoms. The van der Waals surface area contributed by atoms with Crippen LogP contribution in [0.3, 0.4) is 0 Å². The highest BCUT2D eigenvalue weighted by atomic mass is 16.6. The molecule has 8 nitrogen and oxygen atoms in total. The van der Waals surface area contributed by atoms with Crippen molar-refractivity contribution in [2.24, 2.45) is 0 Å². The maximum Gasteiger partial charge on any atom is 0.407 e. The molecule has 1 aliphatic heterocycles. The molecule has 32 heavy (non-hydrogen) atoms. The van der Waals surface area contributed by atoms with Crippen LogP contribution in [0.2, 0.25) is 0 Å². The first kappa shape index (κ1) is 21.2. The lowest BCUT2D eigenvalue weighted by Gasteiger charge is -2.19. The number of aromatic nitrogens is 1. The molecule has 164 valence electrons. The van der Waals surface area contributed by atoms with E-state index in [4.69, 9.17) is 10.5 Å². The van der Waals surface area contributed by atoms with Crippen LogP contribution in [0.5, 0.6) is 0 Å². The number of pyridine rings is 1. The second kappa shape index (κ2) is 9.82. The van der Waals surface area contributed by atoms with Crippen LogP contribution in [-0.4, -0.2) is 36.2 Å². The molecule has 0 unspecified atom stereocenters. The number of anilines is 3. The molecule has 4 N–H and O–H groups in total. The first-order chi connectivity index (χ1) is 15.6. The van der Waals surface area contributed by atoms with Gasteiger partial charge in [0.1, 0.15) is 6.10 Å². The molecule has 1 saturated heterocycles. The summed E-state index contributed by atoms with van der Waals surface area (Å²) in [5, 5.41) is 5.59. The van der Waals surface area contributed by atoms with Gasteiger partial charge in [-0.3, -0.25) is 9.78 Å². The highest BCUT2D eigenvalue weighted by molar-refractivity contribution is 6.05. The van der Waals surface area contributed by atoms with Gasteiger partial charge in [0.05, 0.1) is 17.9 Å². The van der Waals surface area contributed by atoms with Gasteiger partial charge in [-0.05, 0) is 54.1 Å². The number of nitrogens with two attached hydrogens (primary N) is 1. The van der Waals surface area contributed by atoms with Gasteiger partial charge in [-0.1, -0.05) is 12.1 Å². The average Bonchev–Trinajstić information content (AvgIpc) is 3.28. The zero-order valence-electron chi connectivity index (χ0n) is 17.5. The molecule has 0 spiro atoms. The standard InChI is InChI=1S/C24H25N5O3/c25-21-3-1-2-4-22(21)28-23(30)18-5-7-19(8-6-18)29-14-11-20(16-29)32-24(31)27-15-17-9-12-26-13-10-17/h1-10,12-13,20H,11,14-16,25H2,(H,27,31)(H,28,30)/t20-/m0/s1. The molecule has 4 rings (SSSR count). The molecular formula is C24H25N5O3. The zero-order chi connectivity index (χ0) is 22.3. The molecule has 1 aliphatic rings. The van der Waals surface area contributed by atoms with E-state index in [0.29, 0.717) is 30.0 Å². The molecule has 1 atom stereocenters. The number of nitrogens with one attached hydrogen (secondary N) is 2. The second-order valence-corrected chi connectivity index (χ2v) is 7.56. The lowest BCUT2D eigenvalue weighted by Crippen LogP contribution is -2.30. The van der Waals surface area contributed by atoms with Crippen LogP contribution < -0.4 is 21.3 Å². The van der Waals surface area contributed by atoms with Gasteiger partial charge in [0.25, 0.3) is 5.91 Å². The predicted molar refractivity (Wildman–Crippen MR) is 123 cm³/mol. The minimum absolute atomic E-state index is 0.184. The van der Waals surface area contributed by atoms with Gasteiger partial charge >= 0.3 is 6.09 Å². The largest absolute Gasteiger partial charge is 0.444 e. The highest BCUT2D eigenvalue weighted by Crippen LogP contribution is 2.23. The monoisotopic (exact) mass is 431 g/mol. The first-order valence-electron chi connectivity index (χ1n) is 10.4. The summed E-state index contributed by atoms with van der Waals surface area (Å²) in [6, 6.07) is 18.2. The number of rotatable bonds is 6. The quantitative estimate of drug-likeness (QED) is 0.516. The van der Waals surface area contributed by atoms with Gasteiger partial charge < -0.3 is 26.0 Å². The van der Waals surface area contributed by atoms with Crippen LogP contribution in [0.1, 0.15) is 22.3 Å². The van der Waals surface area contributed by atoms with Crippen molar-refractivity contribution in [2.45, 2.75) is 19.1 Å². The minimum atomic E-state index is -0.430. The van der Waals surface area contributed by atoms with Crippen molar-refractivity contribution >= 4 is 29.1 Å². The fraction of sp³-hybridized carbons (Fsp3) is 0.208. The number of ether oxygens (including phenoxy) is 1. The molecule has 0 saturated carbocycles. The molecule has 0 radical (unpaired) electrons. The molecular weight excluding hydrogens is 406 g/mol. The van der Waals surface area contributed by atoms with Gasteiger partial charge in [-0.2, -0.15) is 0 Å². The third-order valence-corrected chi connectivity index (χ3v) is 5.31. The van der Waals surface area contributed by atoms with E-state index >= 15 is 0 Å². The third-order valence-electron chi connectivity index (χ3n) is 5.31. The molecule has 2 aromatic carbocycles. The number of amides is 2. The number of hydrogen-bond acceptors (Lipinski definition) is 6. The molecule has 0 aliphatic carbocycles. The number of alkyl carbamates (subject to hydrolysis) is 1. The Morgan fingerprint density at radius 1 is 1.06 bits per heavy atom. The van der Waals surface area contributed by atoms with Gasteiger partial charge in [-0.15, -0.1) is 0 Å². The second-order valence-electron chi connectivity index (χ2n) is 7.56. The van der Waals surface area contributed by atoms with Crippen LogP contribution in [0.25, 0.3) is 0 Å². The summed E-state index contributed by atoms with van der Waals surface area (Å²) < 4.78 is 5.54. The minimum Gasteiger partial charge on any atom is -0.444 e. The number of carbonyl (C=O) groups is 2. The molecule has 8 heteroatoms. The van der Waals surface area contributed by atoms with Crippen LogP contribution in [0.15, 0.2) is 73.1 Å². The number of carbonyl (C=O) groups excluding carboxylic acids is 2. The van der Waals surface area contributed by atoms with E-state index in [-0.39, 0.29) is 12.0 Å². The van der Waals surface area contributed by atoms with E-state index in [2.05, 4.69) is 20.5 Å². The van der Waals surface area contributed by atoms with Crippen molar-refractivity contribution < 1.29 is 14.3 Å². The van der Waals surface area contributed by atoms with Crippen LogP contribution in [-0.2, 0) is 11.3 Å². The zero-order valence-corrected chi connectivity index (χ0v) is 17.5. The smallest absolute Gasteiger partial charge is 0.407 e. The van der Waals surface area contributed by atoms with Crippen molar-refractivity contribution in [1.82, 2.24) is 10.3 Å². The lowest BCUT2D eigenvalue weighted by molar-refractivity contribution is 0.102. The summed E-state index contributed by atoms with van der Waals surface area (Å²) in [6.07, 6.45) is 3.50. The van der Waals surface area contributed by atoms with Crippen LogP contribution in [0, 0.1) is 0 Å². The molecule has 1 aromatic heterocycles. The summed E-state index contributed by atoms with van der Waals surface area (Å²) in [5.41, 5.74) is 9.47. The fourth-order valence-electron chi connectivity index (χ4n) is 3.56. The Kier molecular flexibility index (Phi) is 6.50. The van der Waals surface area contributed by atoms with Gasteiger partial charge in [0.15, 0.2) is 0 Å². The maximum atomic E-state index is 12.5. The van der Waals surface area contributed by atoms with Crippen molar-refractivity contribution in [3.63, 3.8) is 0 Å². The molecule has 2 heterocycles. The maximum absolute atomic E-state index is 12.5. The van der Waals surface area contributed by atoms with E-state index in [9.17, 15) is 9.59 Å². The normalized spacial score (nSPS) is 15.2. The van der Waals surface area contributed by atoms with Crippen molar-refractivity contribution in [1.29, 1.82) is 0 Å². The van der Waals surface area contributed by atoms with Gasteiger partial charge in [0, 0.05) is 43.2 Å².